The van der Waals surface area contributed by atoms with E-state index in [1.165, 1.54) is 11.1 Å². The van der Waals surface area contributed by atoms with Crippen LogP contribution in [0.2, 0.25) is 0 Å². The van der Waals surface area contributed by atoms with Crippen LogP contribution in [-0.4, -0.2) is 0 Å². The van der Waals surface area contributed by atoms with E-state index >= 15 is 0 Å². The van der Waals surface area contributed by atoms with Crippen molar-refractivity contribution in [3.05, 3.63) is 71.8 Å². The van der Waals surface area contributed by atoms with E-state index in [1.54, 1.807) is 0 Å². The number of hydrogen-bond donors (Lipinski definition) is 0. The third-order valence-electron chi connectivity index (χ3n) is 4.19. The second-order valence-electron chi connectivity index (χ2n) is 6.36. The molecule has 20 heavy (non-hydrogen) atoms. The van der Waals surface area contributed by atoms with Gasteiger partial charge in [-0.2, -0.15) is 0 Å². The molecule has 0 nitrogen and oxygen atoms in total. The summed E-state index contributed by atoms with van der Waals surface area (Å²) in [6.07, 6.45) is 0. The minimum Gasteiger partial charge on any atom is -0.0622 e. The Hall–Kier alpha value is -1.56. The lowest BCUT2D eigenvalue weighted by Crippen LogP contribution is -2.21. The van der Waals surface area contributed by atoms with Crippen molar-refractivity contribution in [2.75, 3.05) is 0 Å². The summed E-state index contributed by atoms with van der Waals surface area (Å²) in [5.74, 6) is 2.40. The largest absolute Gasteiger partial charge is 0.0622 e. The van der Waals surface area contributed by atoms with Gasteiger partial charge in [-0.15, -0.1) is 0 Å². The molecule has 0 aliphatic rings. The highest BCUT2D eigenvalue weighted by Gasteiger charge is 2.29. The molecular weight excluding hydrogens is 240 g/mol. The molecule has 0 heteroatoms. The first-order chi connectivity index (χ1) is 9.61. The Labute approximate surface area is 123 Å². The van der Waals surface area contributed by atoms with E-state index in [-0.39, 0.29) is 0 Å². The molecule has 0 bridgehead atoms. The van der Waals surface area contributed by atoms with Crippen molar-refractivity contribution in [3.63, 3.8) is 0 Å². The zero-order valence-corrected chi connectivity index (χ0v) is 13.1. The van der Waals surface area contributed by atoms with E-state index in [0.29, 0.717) is 23.7 Å². The van der Waals surface area contributed by atoms with Crippen molar-refractivity contribution in [1.29, 1.82) is 0 Å². The molecule has 0 unspecified atom stereocenters. The van der Waals surface area contributed by atoms with E-state index in [1.807, 2.05) is 0 Å². The summed E-state index contributed by atoms with van der Waals surface area (Å²) in [7, 11) is 0. The predicted octanol–water partition coefficient (Wildman–Crippen LogP) is 5.87. The fourth-order valence-electron chi connectivity index (χ4n) is 3.36. The first-order valence-electron chi connectivity index (χ1n) is 7.71. The van der Waals surface area contributed by atoms with Gasteiger partial charge in [0.2, 0.25) is 0 Å². The summed E-state index contributed by atoms with van der Waals surface area (Å²) in [4.78, 5) is 0. The number of rotatable bonds is 5. The van der Waals surface area contributed by atoms with Gasteiger partial charge in [-0.05, 0) is 34.8 Å². The van der Waals surface area contributed by atoms with Crippen LogP contribution in [0.1, 0.15) is 50.7 Å². The van der Waals surface area contributed by atoms with Crippen molar-refractivity contribution in [2.24, 2.45) is 11.8 Å². The third-order valence-corrected chi connectivity index (χ3v) is 4.19. The maximum Gasteiger partial charge on any atom is -0.00676 e. The monoisotopic (exact) mass is 266 g/mol. The third kappa shape index (κ3) is 3.30. The Morgan fingerprint density at radius 2 is 0.800 bits per heavy atom. The minimum absolute atomic E-state index is 0.568. The molecule has 0 amide bonds. The summed E-state index contributed by atoms with van der Waals surface area (Å²) in [5, 5.41) is 0. The average Bonchev–Trinajstić information content (AvgIpc) is 2.45. The second-order valence-corrected chi connectivity index (χ2v) is 6.36. The molecule has 0 spiro atoms. The van der Waals surface area contributed by atoms with Gasteiger partial charge in [0.25, 0.3) is 0 Å². The van der Waals surface area contributed by atoms with Crippen molar-refractivity contribution in [3.8, 4) is 0 Å². The summed E-state index contributed by atoms with van der Waals surface area (Å²) >= 11 is 0. The van der Waals surface area contributed by atoms with E-state index < -0.39 is 0 Å². The normalized spacial score (nSPS) is 14.5. The van der Waals surface area contributed by atoms with Crippen LogP contribution in [0.5, 0.6) is 0 Å². The highest BCUT2D eigenvalue weighted by atomic mass is 14.3. The Bertz CT molecular complexity index is 447. The van der Waals surface area contributed by atoms with Crippen molar-refractivity contribution in [2.45, 2.75) is 39.5 Å². The van der Waals surface area contributed by atoms with Crippen LogP contribution in [0.4, 0.5) is 0 Å². The molecule has 0 radical (unpaired) electrons. The van der Waals surface area contributed by atoms with E-state index in [0.717, 1.165) is 0 Å². The zero-order valence-electron chi connectivity index (χ0n) is 13.1. The van der Waals surface area contributed by atoms with Crippen LogP contribution in [0.15, 0.2) is 60.7 Å². The fourth-order valence-corrected chi connectivity index (χ4v) is 3.36. The van der Waals surface area contributed by atoms with Gasteiger partial charge in [-0.25, -0.2) is 0 Å². The van der Waals surface area contributed by atoms with E-state index in [2.05, 4.69) is 88.4 Å². The highest BCUT2D eigenvalue weighted by Crippen LogP contribution is 2.42. The predicted molar refractivity (Wildman–Crippen MR) is 88.0 cm³/mol. The first-order valence-corrected chi connectivity index (χ1v) is 7.71. The summed E-state index contributed by atoms with van der Waals surface area (Å²) < 4.78 is 0. The molecule has 0 N–H and O–H groups in total. The van der Waals surface area contributed by atoms with E-state index in [9.17, 15) is 0 Å². The number of benzene rings is 2. The van der Waals surface area contributed by atoms with Crippen LogP contribution in [0, 0.1) is 11.8 Å². The Morgan fingerprint density at radius 3 is 1.05 bits per heavy atom. The molecule has 0 fully saturated rings. The standard InChI is InChI=1S/C20H26/c1-15(2)19(17-11-7-5-8-12-17)20(16(3)4)18-13-9-6-10-14-18/h5-16,19-20H,1-4H3/t19-,20+. The molecule has 2 aromatic carbocycles. The van der Waals surface area contributed by atoms with Crippen LogP contribution in [0.3, 0.4) is 0 Å². The molecule has 106 valence electrons. The SMILES string of the molecule is CC(C)[C@@H](c1ccccc1)[C@@H](c1ccccc1)C(C)C. The lowest BCUT2D eigenvalue weighted by atomic mass is 9.70. The summed E-state index contributed by atoms with van der Waals surface area (Å²) in [6, 6.07) is 22.0. The van der Waals surface area contributed by atoms with Gasteiger partial charge in [0, 0.05) is 0 Å². The Kier molecular flexibility index (Phi) is 5.00. The molecule has 2 aromatic rings. The van der Waals surface area contributed by atoms with Crippen LogP contribution >= 0.6 is 0 Å². The Balaban J connectivity index is 2.44. The molecule has 0 aliphatic heterocycles. The van der Waals surface area contributed by atoms with Gasteiger partial charge < -0.3 is 0 Å². The molecular formula is C20H26. The summed E-state index contributed by atoms with van der Waals surface area (Å²) in [5.41, 5.74) is 2.93. The Morgan fingerprint density at radius 1 is 0.500 bits per heavy atom. The zero-order chi connectivity index (χ0) is 14.5. The van der Waals surface area contributed by atoms with E-state index in [4.69, 9.17) is 0 Å². The van der Waals surface area contributed by atoms with Crippen molar-refractivity contribution >= 4 is 0 Å². The first kappa shape index (κ1) is 14.8. The van der Waals surface area contributed by atoms with Crippen molar-refractivity contribution < 1.29 is 0 Å². The maximum absolute atomic E-state index is 2.34. The van der Waals surface area contributed by atoms with Gasteiger partial charge in [0.05, 0.1) is 0 Å². The van der Waals surface area contributed by atoms with Gasteiger partial charge >= 0.3 is 0 Å². The van der Waals surface area contributed by atoms with Gasteiger partial charge in [-0.3, -0.25) is 0 Å². The van der Waals surface area contributed by atoms with Crippen LogP contribution in [-0.2, 0) is 0 Å². The van der Waals surface area contributed by atoms with Gasteiger partial charge in [-0.1, -0.05) is 88.4 Å². The van der Waals surface area contributed by atoms with Crippen LogP contribution < -0.4 is 0 Å². The second kappa shape index (κ2) is 6.74. The fraction of sp³-hybridized carbons (Fsp3) is 0.400. The molecule has 0 saturated carbocycles. The average molecular weight is 266 g/mol. The molecule has 0 saturated heterocycles. The highest BCUT2D eigenvalue weighted by molar-refractivity contribution is 5.29. The lowest BCUT2D eigenvalue weighted by molar-refractivity contribution is 0.347. The molecule has 2 rings (SSSR count). The smallest absolute Gasteiger partial charge is 0.00676 e. The van der Waals surface area contributed by atoms with Gasteiger partial charge in [0.15, 0.2) is 0 Å². The quantitative estimate of drug-likeness (QED) is 0.635. The van der Waals surface area contributed by atoms with Crippen molar-refractivity contribution in [1.82, 2.24) is 0 Å². The lowest BCUT2D eigenvalue weighted by Gasteiger charge is -2.34. The molecule has 0 aliphatic carbocycles. The topological polar surface area (TPSA) is 0 Å². The molecule has 2 atom stereocenters. The molecule has 0 aromatic heterocycles. The molecule has 0 heterocycles. The summed E-state index contributed by atoms with van der Waals surface area (Å²) in [6.45, 7) is 9.37. The maximum atomic E-state index is 2.34. The van der Waals surface area contributed by atoms with Crippen LogP contribution in [0.25, 0.3) is 0 Å². The number of hydrogen-bond acceptors (Lipinski definition) is 0. The van der Waals surface area contributed by atoms with Gasteiger partial charge in [0.1, 0.15) is 0 Å². The minimum atomic E-state index is 0.568.